The van der Waals surface area contributed by atoms with E-state index >= 15 is 0 Å². The van der Waals surface area contributed by atoms with Gasteiger partial charge in [-0.15, -0.1) is 0 Å². The van der Waals surface area contributed by atoms with E-state index < -0.39 is 0 Å². The lowest BCUT2D eigenvalue weighted by molar-refractivity contribution is 0.206. The van der Waals surface area contributed by atoms with Crippen LogP contribution in [-0.4, -0.2) is 25.7 Å². The Morgan fingerprint density at radius 1 is 1.44 bits per heavy atom. The zero-order valence-corrected chi connectivity index (χ0v) is 11.2. The summed E-state index contributed by atoms with van der Waals surface area (Å²) in [6, 6.07) is 0.844. The molecule has 1 saturated carbocycles. The van der Waals surface area contributed by atoms with Crippen LogP contribution >= 0.6 is 0 Å². The summed E-state index contributed by atoms with van der Waals surface area (Å²) >= 11 is 0. The average molecular weight is 224 g/mol. The van der Waals surface area contributed by atoms with Gasteiger partial charge in [0, 0.05) is 19.1 Å². The fourth-order valence-electron chi connectivity index (χ4n) is 3.13. The van der Waals surface area contributed by atoms with Crippen LogP contribution in [-0.2, 0) is 0 Å². The van der Waals surface area contributed by atoms with Crippen LogP contribution in [0, 0.1) is 17.3 Å². The molecule has 2 rings (SSSR count). The third-order valence-electron chi connectivity index (χ3n) is 4.80. The molecule has 2 heteroatoms. The molecule has 94 valence electrons. The summed E-state index contributed by atoms with van der Waals surface area (Å²) < 4.78 is 0. The third-order valence-corrected chi connectivity index (χ3v) is 4.80. The Bertz CT molecular complexity index is 219. The molecule has 0 amide bonds. The van der Waals surface area contributed by atoms with Crippen molar-refractivity contribution in [3.63, 3.8) is 0 Å². The molecule has 0 spiro atoms. The molecule has 0 bridgehead atoms. The highest BCUT2D eigenvalue weighted by Gasteiger charge is 2.41. The van der Waals surface area contributed by atoms with Gasteiger partial charge in [-0.2, -0.15) is 0 Å². The van der Waals surface area contributed by atoms with Gasteiger partial charge in [0.05, 0.1) is 0 Å². The predicted molar refractivity (Wildman–Crippen MR) is 69.6 cm³/mol. The fraction of sp³-hybridized carbons (Fsp3) is 1.00. The van der Waals surface area contributed by atoms with E-state index in [2.05, 4.69) is 31.4 Å². The first-order valence-electron chi connectivity index (χ1n) is 7.12. The van der Waals surface area contributed by atoms with Crippen molar-refractivity contribution in [1.82, 2.24) is 10.6 Å². The molecule has 0 aromatic rings. The van der Waals surface area contributed by atoms with E-state index in [0.717, 1.165) is 17.9 Å². The molecule has 3 atom stereocenters. The maximum Gasteiger partial charge on any atom is 0.00993 e. The van der Waals surface area contributed by atoms with E-state index in [0.29, 0.717) is 5.41 Å². The van der Waals surface area contributed by atoms with E-state index in [1.165, 1.54) is 45.3 Å². The Labute approximate surface area is 101 Å². The standard InChI is InChI=1S/C14H28N2/c1-4-5-12-8-13(12)16-10-14(11(2)3)6-7-15-9-14/h11-13,15-16H,4-10H2,1-3H3. The van der Waals surface area contributed by atoms with Crippen LogP contribution in [0.4, 0.5) is 0 Å². The quantitative estimate of drug-likeness (QED) is 0.724. The van der Waals surface area contributed by atoms with Crippen LogP contribution in [0.15, 0.2) is 0 Å². The molecular weight excluding hydrogens is 196 g/mol. The average Bonchev–Trinajstić information content (AvgIpc) is 2.81. The smallest absolute Gasteiger partial charge is 0.00993 e. The summed E-state index contributed by atoms with van der Waals surface area (Å²) in [6.45, 7) is 10.7. The highest BCUT2D eigenvalue weighted by atomic mass is 15.0. The van der Waals surface area contributed by atoms with Crippen LogP contribution in [0.25, 0.3) is 0 Å². The van der Waals surface area contributed by atoms with Crippen molar-refractivity contribution in [2.45, 2.75) is 52.5 Å². The first-order valence-corrected chi connectivity index (χ1v) is 7.12. The van der Waals surface area contributed by atoms with Crippen molar-refractivity contribution in [3.8, 4) is 0 Å². The van der Waals surface area contributed by atoms with Crippen LogP contribution in [0.1, 0.15) is 46.5 Å². The molecule has 3 unspecified atom stereocenters. The van der Waals surface area contributed by atoms with Gasteiger partial charge in [-0.05, 0) is 43.1 Å². The zero-order chi connectivity index (χ0) is 11.6. The summed E-state index contributed by atoms with van der Waals surface area (Å²) in [4.78, 5) is 0. The fourth-order valence-corrected chi connectivity index (χ4v) is 3.13. The summed E-state index contributed by atoms with van der Waals surface area (Å²) in [7, 11) is 0. The number of rotatable bonds is 6. The van der Waals surface area contributed by atoms with Gasteiger partial charge in [-0.25, -0.2) is 0 Å². The zero-order valence-electron chi connectivity index (χ0n) is 11.2. The lowest BCUT2D eigenvalue weighted by Crippen LogP contribution is -2.41. The highest BCUT2D eigenvalue weighted by molar-refractivity contribution is 4.97. The molecule has 0 radical (unpaired) electrons. The molecule has 2 fully saturated rings. The minimum Gasteiger partial charge on any atom is -0.316 e. The molecule has 1 aliphatic heterocycles. The third kappa shape index (κ3) is 2.60. The molecule has 1 aliphatic carbocycles. The van der Waals surface area contributed by atoms with E-state index in [9.17, 15) is 0 Å². The predicted octanol–water partition coefficient (Wildman–Crippen LogP) is 2.40. The first-order chi connectivity index (χ1) is 7.68. The van der Waals surface area contributed by atoms with Crippen molar-refractivity contribution in [1.29, 1.82) is 0 Å². The van der Waals surface area contributed by atoms with Crippen LogP contribution in [0.5, 0.6) is 0 Å². The SMILES string of the molecule is CCCC1CC1NCC1(C(C)C)CCNC1. The van der Waals surface area contributed by atoms with Gasteiger partial charge in [0.1, 0.15) is 0 Å². The highest BCUT2D eigenvalue weighted by Crippen LogP contribution is 2.38. The Hall–Kier alpha value is -0.0800. The molecule has 1 saturated heterocycles. The van der Waals surface area contributed by atoms with E-state index in [1.807, 2.05) is 0 Å². The topological polar surface area (TPSA) is 24.1 Å². The Balaban J connectivity index is 1.76. The van der Waals surface area contributed by atoms with Crippen molar-refractivity contribution >= 4 is 0 Å². The Morgan fingerprint density at radius 3 is 2.81 bits per heavy atom. The minimum absolute atomic E-state index is 0.527. The van der Waals surface area contributed by atoms with Gasteiger partial charge < -0.3 is 10.6 Å². The second kappa shape index (κ2) is 5.05. The number of nitrogens with one attached hydrogen (secondary N) is 2. The molecule has 2 aliphatic rings. The largest absolute Gasteiger partial charge is 0.316 e. The lowest BCUT2D eigenvalue weighted by atomic mass is 9.76. The molecule has 1 heterocycles. The number of hydrogen-bond donors (Lipinski definition) is 2. The molecular formula is C14H28N2. The van der Waals surface area contributed by atoms with Gasteiger partial charge >= 0.3 is 0 Å². The van der Waals surface area contributed by atoms with E-state index in [4.69, 9.17) is 0 Å². The normalized spacial score (nSPS) is 38.2. The summed E-state index contributed by atoms with van der Waals surface area (Å²) in [6.07, 6.45) is 5.54. The van der Waals surface area contributed by atoms with Crippen molar-refractivity contribution in [2.75, 3.05) is 19.6 Å². The molecule has 2 nitrogen and oxygen atoms in total. The van der Waals surface area contributed by atoms with Crippen LogP contribution in [0.2, 0.25) is 0 Å². The van der Waals surface area contributed by atoms with Gasteiger partial charge in [0.15, 0.2) is 0 Å². The number of hydrogen-bond acceptors (Lipinski definition) is 2. The Kier molecular flexibility index (Phi) is 3.91. The van der Waals surface area contributed by atoms with Gasteiger partial charge in [-0.3, -0.25) is 0 Å². The molecule has 0 aromatic heterocycles. The van der Waals surface area contributed by atoms with E-state index in [-0.39, 0.29) is 0 Å². The second-order valence-corrected chi connectivity index (χ2v) is 6.22. The summed E-state index contributed by atoms with van der Waals surface area (Å²) in [5.41, 5.74) is 0.527. The van der Waals surface area contributed by atoms with Gasteiger partial charge in [0.2, 0.25) is 0 Å². The Morgan fingerprint density at radius 2 is 2.25 bits per heavy atom. The van der Waals surface area contributed by atoms with Gasteiger partial charge in [-0.1, -0.05) is 27.2 Å². The monoisotopic (exact) mass is 224 g/mol. The summed E-state index contributed by atoms with van der Waals surface area (Å²) in [5.74, 6) is 1.78. The molecule has 0 aromatic carbocycles. The first kappa shape index (κ1) is 12.4. The van der Waals surface area contributed by atoms with Crippen LogP contribution in [0.3, 0.4) is 0 Å². The maximum absolute atomic E-state index is 3.82. The van der Waals surface area contributed by atoms with Crippen LogP contribution < -0.4 is 10.6 Å². The van der Waals surface area contributed by atoms with Crippen molar-refractivity contribution in [2.24, 2.45) is 17.3 Å². The lowest BCUT2D eigenvalue weighted by Gasteiger charge is -2.33. The second-order valence-electron chi connectivity index (χ2n) is 6.22. The minimum atomic E-state index is 0.527. The van der Waals surface area contributed by atoms with E-state index in [1.54, 1.807) is 0 Å². The summed E-state index contributed by atoms with van der Waals surface area (Å²) in [5, 5.41) is 7.35. The van der Waals surface area contributed by atoms with Crippen molar-refractivity contribution in [3.05, 3.63) is 0 Å². The van der Waals surface area contributed by atoms with Crippen molar-refractivity contribution < 1.29 is 0 Å². The maximum atomic E-state index is 3.82. The van der Waals surface area contributed by atoms with Gasteiger partial charge in [0.25, 0.3) is 0 Å². The molecule has 2 N–H and O–H groups in total. The molecule has 16 heavy (non-hydrogen) atoms.